The number of pyridine rings is 1. The fourth-order valence-corrected chi connectivity index (χ4v) is 1.82. The highest BCUT2D eigenvalue weighted by atomic mass is 16.3. The molecular formula is C14H14N2O3. The molecule has 0 bridgehead atoms. The number of rotatable bonds is 4. The Morgan fingerprint density at radius 1 is 1.32 bits per heavy atom. The molecule has 2 aromatic rings. The molecule has 2 rings (SSSR count). The van der Waals surface area contributed by atoms with Crippen molar-refractivity contribution < 1.29 is 9.90 Å². The number of hydrogen-bond donors (Lipinski definition) is 3. The molecule has 1 heterocycles. The summed E-state index contributed by atoms with van der Waals surface area (Å²) >= 11 is 0. The summed E-state index contributed by atoms with van der Waals surface area (Å²) in [5.41, 5.74) is 1.71. The zero-order valence-corrected chi connectivity index (χ0v) is 10.4. The molecule has 0 aliphatic rings. The van der Waals surface area contributed by atoms with E-state index in [1.165, 1.54) is 6.07 Å². The number of hydrogen-bond acceptors (Lipinski definition) is 4. The van der Waals surface area contributed by atoms with Crippen LogP contribution in [0.3, 0.4) is 0 Å². The van der Waals surface area contributed by atoms with Crippen LogP contribution >= 0.6 is 0 Å². The fourth-order valence-electron chi connectivity index (χ4n) is 1.82. The second-order valence-corrected chi connectivity index (χ2v) is 4.15. The lowest BCUT2D eigenvalue weighted by atomic mass is 10.1. The Hall–Kier alpha value is -2.40. The van der Waals surface area contributed by atoms with Crippen molar-refractivity contribution in [2.45, 2.75) is 6.54 Å². The van der Waals surface area contributed by atoms with Crippen molar-refractivity contribution in [3.05, 3.63) is 51.8 Å². The molecule has 19 heavy (non-hydrogen) atoms. The molecule has 0 atom stereocenters. The average molecular weight is 258 g/mol. The minimum absolute atomic E-state index is 0.109. The van der Waals surface area contributed by atoms with Gasteiger partial charge >= 0.3 is 0 Å². The first-order chi connectivity index (χ1) is 9.15. The lowest BCUT2D eigenvalue weighted by Crippen LogP contribution is -2.06. The molecule has 0 fully saturated rings. The molecule has 0 aliphatic carbocycles. The standard InChI is InChI=1S/C14H14N2O3/c1-15-7-9-2-4-10(5-3-9)11-6-13(18)14(19)12(8-17)16-11/h2-6,8,15,19H,7H2,1H3,(H,16,18). The number of carbonyl (C=O) groups is 1. The molecule has 5 nitrogen and oxygen atoms in total. The smallest absolute Gasteiger partial charge is 0.224 e. The van der Waals surface area contributed by atoms with Crippen LogP contribution < -0.4 is 10.7 Å². The zero-order valence-electron chi connectivity index (χ0n) is 10.4. The summed E-state index contributed by atoms with van der Waals surface area (Å²) in [6.45, 7) is 0.756. The van der Waals surface area contributed by atoms with Gasteiger partial charge < -0.3 is 15.4 Å². The first-order valence-electron chi connectivity index (χ1n) is 5.81. The predicted octanol–water partition coefficient (Wildman–Crippen LogP) is 1.28. The van der Waals surface area contributed by atoms with Crippen LogP contribution in [-0.4, -0.2) is 23.4 Å². The second-order valence-electron chi connectivity index (χ2n) is 4.15. The molecule has 1 aromatic carbocycles. The van der Waals surface area contributed by atoms with Gasteiger partial charge in [-0.05, 0) is 18.2 Å². The maximum atomic E-state index is 11.5. The van der Waals surface area contributed by atoms with E-state index in [1.54, 1.807) is 0 Å². The molecular weight excluding hydrogens is 244 g/mol. The van der Waals surface area contributed by atoms with Gasteiger partial charge in [-0.15, -0.1) is 0 Å². The molecule has 3 N–H and O–H groups in total. The molecule has 0 saturated carbocycles. The first-order valence-corrected chi connectivity index (χ1v) is 5.81. The van der Waals surface area contributed by atoms with Crippen molar-refractivity contribution in [3.63, 3.8) is 0 Å². The van der Waals surface area contributed by atoms with Crippen LogP contribution in [0.5, 0.6) is 5.75 Å². The Bertz CT molecular complexity index is 645. The first kappa shape index (κ1) is 13.0. The molecule has 0 spiro atoms. The SMILES string of the molecule is CNCc1ccc(-c2cc(=O)c(O)c(C=O)[nH]2)cc1. The van der Waals surface area contributed by atoms with Gasteiger partial charge in [-0.2, -0.15) is 0 Å². The van der Waals surface area contributed by atoms with Crippen LogP contribution in [0.25, 0.3) is 11.3 Å². The molecule has 0 saturated heterocycles. The van der Waals surface area contributed by atoms with Gasteiger partial charge in [0.05, 0.1) is 0 Å². The topological polar surface area (TPSA) is 82.2 Å². The Kier molecular flexibility index (Phi) is 3.77. The maximum Gasteiger partial charge on any atom is 0.224 e. The minimum atomic E-state index is -0.574. The maximum absolute atomic E-state index is 11.5. The van der Waals surface area contributed by atoms with E-state index in [0.29, 0.717) is 12.0 Å². The van der Waals surface area contributed by atoms with Crippen LogP contribution in [0.4, 0.5) is 0 Å². The van der Waals surface area contributed by atoms with Crippen LogP contribution in [0.15, 0.2) is 35.1 Å². The third kappa shape index (κ3) is 2.71. The van der Waals surface area contributed by atoms with Gasteiger partial charge in [0.15, 0.2) is 12.0 Å². The number of H-pyrrole nitrogens is 1. The highest BCUT2D eigenvalue weighted by Gasteiger charge is 2.08. The number of carbonyl (C=O) groups excluding carboxylic acids is 1. The van der Waals surface area contributed by atoms with E-state index in [1.807, 2.05) is 31.3 Å². The number of aldehydes is 1. The number of nitrogens with one attached hydrogen (secondary N) is 2. The minimum Gasteiger partial charge on any atom is -0.503 e. The highest BCUT2D eigenvalue weighted by Crippen LogP contribution is 2.19. The predicted molar refractivity (Wildman–Crippen MR) is 72.3 cm³/mol. The molecule has 0 radical (unpaired) electrons. The Labute approximate surface area is 109 Å². The summed E-state index contributed by atoms with van der Waals surface area (Å²) in [6.07, 6.45) is 0.426. The molecule has 5 heteroatoms. The lowest BCUT2D eigenvalue weighted by molar-refractivity contribution is 0.111. The molecule has 0 amide bonds. The molecule has 98 valence electrons. The van der Waals surface area contributed by atoms with Gasteiger partial charge in [0.2, 0.25) is 5.43 Å². The molecule has 1 aromatic heterocycles. The van der Waals surface area contributed by atoms with Crippen LogP contribution in [0, 0.1) is 0 Å². The van der Waals surface area contributed by atoms with E-state index in [4.69, 9.17) is 0 Å². The van der Waals surface area contributed by atoms with Crippen molar-refractivity contribution >= 4 is 6.29 Å². The van der Waals surface area contributed by atoms with Crippen LogP contribution in [-0.2, 0) is 6.54 Å². The van der Waals surface area contributed by atoms with E-state index in [2.05, 4.69) is 10.3 Å². The van der Waals surface area contributed by atoms with Gasteiger partial charge in [0.25, 0.3) is 0 Å². The summed E-state index contributed by atoms with van der Waals surface area (Å²) < 4.78 is 0. The fraction of sp³-hybridized carbons (Fsp3) is 0.143. The zero-order chi connectivity index (χ0) is 13.8. The van der Waals surface area contributed by atoms with Gasteiger partial charge in [-0.3, -0.25) is 9.59 Å². The van der Waals surface area contributed by atoms with Crippen LogP contribution in [0.2, 0.25) is 0 Å². The van der Waals surface area contributed by atoms with Crippen molar-refractivity contribution in [1.29, 1.82) is 0 Å². The second kappa shape index (κ2) is 5.49. The van der Waals surface area contributed by atoms with E-state index in [9.17, 15) is 14.7 Å². The third-order valence-corrected chi connectivity index (χ3v) is 2.80. The van der Waals surface area contributed by atoms with E-state index in [-0.39, 0.29) is 5.69 Å². The normalized spacial score (nSPS) is 10.4. The summed E-state index contributed by atoms with van der Waals surface area (Å²) in [5, 5.41) is 12.4. The highest BCUT2D eigenvalue weighted by molar-refractivity contribution is 5.78. The Morgan fingerprint density at radius 2 is 2.00 bits per heavy atom. The van der Waals surface area contributed by atoms with Gasteiger partial charge in [-0.1, -0.05) is 24.3 Å². The number of benzene rings is 1. The lowest BCUT2D eigenvalue weighted by Gasteiger charge is -2.06. The number of aromatic hydroxyl groups is 1. The monoisotopic (exact) mass is 258 g/mol. The quantitative estimate of drug-likeness (QED) is 0.721. The van der Waals surface area contributed by atoms with Gasteiger partial charge in [0, 0.05) is 18.3 Å². The van der Waals surface area contributed by atoms with Gasteiger partial charge in [0.1, 0.15) is 5.69 Å². The molecule has 0 unspecified atom stereocenters. The van der Waals surface area contributed by atoms with Crippen molar-refractivity contribution in [2.24, 2.45) is 0 Å². The summed E-state index contributed by atoms with van der Waals surface area (Å²) in [5.74, 6) is -0.550. The van der Waals surface area contributed by atoms with Crippen molar-refractivity contribution in [2.75, 3.05) is 7.05 Å². The van der Waals surface area contributed by atoms with Crippen LogP contribution in [0.1, 0.15) is 16.1 Å². The van der Waals surface area contributed by atoms with E-state index >= 15 is 0 Å². The Balaban J connectivity index is 2.44. The van der Waals surface area contributed by atoms with Crippen molar-refractivity contribution in [1.82, 2.24) is 10.3 Å². The largest absolute Gasteiger partial charge is 0.503 e. The molecule has 0 aliphatic heterocycles. The number of aromatic amines is 1. The average Bonchev–Trinajstić information content (AvgIpc) is 2.43. The summed E-state index contributed by atoms with van der Waals surface area (Å²) in [7, 11) is 1.86. The summed E-state index contributed by atoms with van der Waals surface area (Å²) in [4.78, 5) is 25.0. The van der Waals surface area contributed by atoms with Gasteiger partial charge in [-0.25, -0.2) is 0 Å². The third-order valence-electron chi connectivity index (χ3n) is 2.80. The number of aromatic nitrogens is 1. The van der Waals surface area contributed by atoms with Crippen molar-refractivity contribution in [3.8, 4) is 17.0 Å². The van der Waals surface area contributed by atoms with E-state index < -0.39 is 11.2 Å². The summed E-state index contributed by atoms with van der Waals surface area (Å²) in [6, 6.07) is 8.83. The Morgan fingerprint density at radius 3 is 2.58 bits per heavy atom. The van der Waals surface area contributed by atoms with E-state index in [0.717, 1.165) is 17.7 Å².